The summed E-state index contributed by atoms with van der Waals surface area (Å²) in [4.78, 5) is 22.9. The molecule has 5 heteroatoms. The van der Waals surface area contributed by atoms with Gasteiger partial charge in [0.25, 0.3) is 0 Å². The topological polar surface area (TPSA) is 76.1 Å². The Labute approximate surface area is 118 Å². The Bertz CT molecular complexity index is 457. The molecule has 20 heavy (non-hydrogen) atoms. The summed E-state index contributed by atoms with van der Waals surface area (Å²) >= 11 is 0. The van der Waals surface area contributed by atoms with Crippen LogP contribution in [0.1, 0.15) is 45.4 Å². The minimum atomic E-state index is -1.07. The van der Waals surface area contributed by atoms with Crippen LogP contribution in [-0.2, 0) is 19.1 Å². The van der Waals surface area contributed by atoms with E-state index in [1.165, 1.54) is 0 Å². The summed E-state index contributed by atoms with van der Waals surface area (Å²) in [5, 5.41) is 9.01. The molecule has 1 saturated heterocycles. The van der Waals surface area contributed by atoms with Crippen LogP contribution in [0.15, 0.2) is 23.0 Å². The zero-order valence-electron chi connectivity index (χ0n) is 11.7. The molecule has 110 valence electrons. The van der Waals surface area contributed by atoms with E-state index in [1.807, 2.05) is 0 Å². The number of hydrogen-bond acceptors (Lipinski definition) is 4. The third kappa shape index (κ3) is 3.93. The molecule has 1 aliphatic heterocycles. The Hall–Kier alpha value is -1.62. The highest BCUT2D eigenvalue weighted by atomic mass is 16.6. The van der Waals surface area contributed by atoms with Crippen molar-refractivity contribution >= 4 is 11.9 Å². The quantitative estimate of drug-likeness (QED) is 0.320. The normalized spacial score (nSPS) is 21.4. The van der Waals surface area contributed by atoms with Crippen LogP contribution in [0, 0.1) is 0 Å². The zero-order valence-corrected chi connectivity index (χ0v) is 11.7. The fourth-order valence-electron chi connectivity index (χ4n) is 2.15. The number of rotatable bonds is 8. The smallest absolute Gasteiger partial charge is 0.338 e. The molecule has 0 saturated carbocycles. The lowest BCUT2D eigenvalue weighted by Gasteiger charge is -2.21. The van der Waals surface area contributed by atoms with Gasteiger partial charge in [-0.25, -0.2) is 9.59 Å². The van der Waals surface area contributed by atoms with E-state index in [2.05, 4.69) is 6.92 Å². The van der Waals surface area contributed by atoms with Gasteiger partial charge in [0.1, 0.15) is 6.26 Å². The van der Waals surface area contributed by atoms with Crippen molar-refractivity contribution in [1.82, 2.24) is 0 Å². The van der Waals surface area contributed by atoms with Crippen molar-refractivity contribution in [3.8, 4) is 0 Å². The van der Waals surface area contributed by atoms with Crippen LogP contribution >= 0.6 is 0 Å². The molecule has 1 heterocycles. The van der Waals surface area contributed by atoms with Crippen molar-refractivity contribution < 1.29 is 24.2 Å². The second-order valence-corrected chi connectivity index (χ2v) is 5.20. The number of aliphatic carboxylic acids is 1. The number of carbonyl (C=O) groups is 2. The third-order valence-corrected chi connectivity index (χ3v) is 3.61. The molecule has 1 unspecified atom stereocenters. The number of unbranched alkanes of at least 4 members (excludes halogenated alkanes) is 1. The van der Waals surface area contributed by atoms with Gasteiger partial charge in [0, 0.05) is 12.0 Å². The van der Waals surface area contributed by atoms with Gasteiger partial charge in [-0.05, 0) is 25.7 Å². The van der Waals surface area contributed by atoms with Gasteiger partial charge in [-0.2, -0.15) is 0 Å². The second kappa shape index (κ2) is 6.70. The van der Waals surface area contributed by atoms with Crippen LogP contribution in [-0.4, -0.2) is 29.8 Å². The lowest BCUT2D eigenvalue weighted by atomic mass is 9.85. The number of hydrogen-bond donors (Lipinski definition) is 1. The standard InChI is InChI=1S/C15H20O5/c1-2-3-4-10-5-6-13(10)15(18)20-8-11(14(16)17)7-12-9-19-12/h8,12H,2-7,9H2,1H3,(H,16,17). The Morgan fingerprint density at radius 2 is 2.20 bits per heavy atom. The monoisotopic (exact) mass is 280 g/mol. The first kappa shape index (κ1) is 14.8. The number of ether oxygens (including phenoxy) is 2. The molecule has 1 aliphatic carbocycles. The molecule has 1 fully saturated rings. The molecule has 1 N–H and O–H groups in total. The summed E-state index contributed by atoms with van der Waals surface area (Å²) in [7, 11) is 0. The van der Waals surface area contributed by atoms with E-state index >= 15 is 0 Å². The molecule has 2 rings (SSSR count). The van der Waals surface area contributed by atoms with Crippen LogP contribution in [0.4, 0.5) is 0 Å². The van der Waals surface area contributed by atoms with Crippen molar-refractivity contribution in [2.75, 3.05) is 6.61 Å². The lowest BCUT2D eigenvalue weighted by Crippen LogP contribution is -2.16. The van der Waals surface area contributed by atoms with E-state index in [0.29, 0.717) is 6.61 Å². The SMILES string of the molecule is CCCCC1=C(C(=O)OC=C(CC2CO2)C(=O)O)CC1. The van der Waals surface area contributed by atoms with Crippen molar-refractivity contribution in [3.63, 3.8) is 0 Å². The van der Waals surface area contributed by atoms with Crippen molar-refractivity contribution in [1.29, 1.82) is 0 Å². The van der Waals surface area contributed by atoms with Gasteiger partial charge in [0.2, 0.25) is 0 Å². The molecule has 0 aromatic heterocycles. The fourth-order valence-corrected chi connectivity index (χ4v) is 2.15. The summed E-state index contributed by atoms with van der Waals surface area (Å²) in [5.74, 6) is -1.47. The molecule has 5 nitrogen and oxygen atoms in total. The molecule has 0 aromatic rings. The van der Waals surface area contributed by atoms with E-state index in [0.717, 1.165) is 49.5 Å². The summed E-state index contributed by atoms with van der Waals surface area (Å²) < 4.78 is 10.00. The van der Waals surface area contributed by atoms with Crippen LogP contribution in [0.3, 0.4) is 0 Å². The summed E-state index contributed by atoms with van der Waals surface area (Å²) in [6.45, 7) is 2.68. The average molecular weight is 280 g/mol. The van der Waals surface area contributed by atoms with Gasteiger partial charge in [0.05, 0.1) is 18.3 Å². The van der Waals surface area contributed by atoms with E-state index in [4.69, 9.17) is 14.6 Å². The van der Waals surface area contributed by atoms with Crippen LogP contribution in [0.5, 0.6) is 0 Å². The molecule has 0 bridgehead atoms. The van der Waals surface area contributed by atoms with Gasteiger partial charge in [0.15, 0.2) is 0 Å². The third-order valence-electron chi connectivity index (χ3n) is 3.61. The first-order valence-electron chi connectivity index (χ1n) is 7.07. The number of allylic oxidation sites excluding steroid dienone is 1. The van der Waals surface area contributed by atoms with E-state index in [9.17, 15) is 9.59 Å². The molecular formula is C15H20O5. The van der Waals surface area contributed by atoms with E-state index in [-0.39, 0.29) is 18.1 Å². The number of carboxylic acid groups (broad SMARTS) is 1. The number of epoxide rings is 1. The van der Waals surface area contributed by atoms with Crippen LogP contribution in [0.2, 0.25) is 0 Å². The Morgan fingerprint density at radius 3 is 2.70 bits per heavy atom. The van der Waals surface area contributed by atoms with Crippen LogP contribution < -0.4 is 0 Å². The molecule has 0 aromatic carbocycles. The average Bonchev–Trinajstić information content (AvgIpc) is 3.17. The van der Waals surface area contributed by atoms with Gasteiger partial charge in [-0.15, -0.1) is 0 Å². The molecular weight excluding hydrogens is 260 g/mol. The van der Waals surface area contributed by atoms with E-state index < -0.39 is 11.9 Å². The Kier molecular flexibility index (Phi) is 4.95. The minimum absolute atomic E-state index is 0.0425. The predicted octanol–water partition coefficient (Wildman–Crippen LogP) is 2.57. The lowest BCUT2D eigenvalue weighted by molar-refractivity contribution is -0.135. The van der Waals surface area contributed by atoms with E-state index in [1.54, 1.807) is 0 Å². The minimum Gasteiger partial charge on any atom is -0.478 e. The number of carbonyl (C=O) groups excluding carboxylic acids is 1. The molecule has 1 atom stereocenters. The van der Waals surface area contributed by atoms with Crippen molar-refractivity contribution in [2.45, 2.75) is 51.6 Å². The Morgan fingerprint density at radius 1 is 1.45 bits per heavy atom. The second-order valence-electron chi connectivity index (χ2n) is 5.20. The zero-order chi connectivity index (χ0) is 14.5. The fraction of sp³-hybridized carbons (Fsp3) is 0.600. The maximum atomic E-state index is 11.9. The highest BCUT2D eigenvalue weighted by Gasteiger charge is 2.28. The predicted molar refractivity (Wildman–Crippen MR) is 72.0 cm³/mol. The number of esters is 1. The van der Waals surface area contributed by atoms with Crippen molar-refractivity contribution in [3.05, 3.63) is 23.0 Å². The molecule has 0 radical (unpaired) electrons. The summed E-state index contributed by atoms with van der Waals surface area (Å²) in [6, 6.07) is 0. The van der Waals surface area contributed by atoms with Gasteiger partial charge >= 0.3 is 11.9 Å². The summed E-state index contributed by atoms with van der Waals surface area (Å²) in [6.07, 6.45) is 6.10. The Balaban J connectivity index is 1.91. The molecule has 0 amide bonds. The maximum absolute atomic E-state index is 11.9. The number of carboxylic acids is 1. The van der Waals surface area contributed by atoms with Gasteiger partial charge in [-0.1, -0.05) is 18.9 Å². The maximum Gasteiger partial charge on any atom is 0.338 e. The first-order valence-corrected chi connectivity index (χ1v) is 7.07. The molecule has 2 aliphatic rings. The molecule has 0 spiro atoms. The highest BCUT2D eigenvalue weighted by molar-refractivity contribution is 5.92. The first-order chi connectivity index (χ1) is 9.61. The summed E-state index contributed by atoms with van der Waals surface area (Å²) in [5.41, 5.74) is 1.96. The largest absolute Gasteiger partial charge is 0.478 e. The van der Waals surface area contributed by atoms with Gasteiger partial charge < -0.3 is 14.6 Å². The van der Waals surface area contributed by atoms with Crippen LogP contribution in [0.25, 0.3) is 0 Å². The van der Waals surface area contributed by atoms with Crippen molar-refractivity contribution in [2.24, 2.45) is 0 Å². The van der Waals surface area contributed by atoms with Gasteiger partial charge in [-0.3, -0.25) is 0 Å². The highest BCUT2D eigenvalue weighted by Crippen LogP contribution is 2.32.